The van der Waals surface area contributed by atoms with E-state index in [1.807, 2.05) is 19.1 Å². The summed E-state index contributed by atoms with van der Waals surface area (Å²) >= 11 is 3.51. The predicted octanol–water partition coefficient (Wildman–Crippen LogP) is 2.96. The molecule has 1 atom stereocenters. The van der Waals surface area contributed by atoms with Gasteiger partial charge in [0.25, 0.3) is 0 Å². The first kappa shape index (κ1) is 17.3. The fourth-order valence-electron chi connectivity index (χ4n) is 1.92. The minimum absolute atomic E-state index is 0.0892. The van der Waals surface area contributed by atoms with Crippen LogP contribution in [0, 0.1) is 5.92 Å². The average Bonchev–Trinajstić information content (AvgIpc) is 2.41. The zero-order valence-electron chi connectivity index (χ0n) is 12.6. The molecule has 0 aliphatic carbocycles. The van der Waals surface area contributed by atoms with Crippen LogP contribution in [0.2, 0.25) is 0 Å². The lowest BCUT2D eigenvalue weighted by Crippen LogP contribution is -2.36. The molecule has 4 nitrogen and oxygen atoms in total. The van der Waals surface area contributed by atoms with Crippen molar-refractivity contribution >= 4 is 15.9 Å². The van der Waals surface area contributed by atoms with Gasteiger partial charge in [-0.15, -0.1) is 0 Å². The van der Waals surface area contributed by atoms with E-state index in [0.29, 0.717) is 24.8 Å². The van der Waals surface area contributed by atoms with Gasteiger partial charge in [0.15, 0.2) is 11.5 Å². The first-order valence-electron chi connectivity index (χ1n) is 6.86. The number of hydrogen-bond acceptors (Lipinski definition) is 4. The van der Waals surface area contributed by atoms with E-state index < -0.39 is 0 Å². The molecule has 1 aromatic carbocycles. The molecule has 1 aromatic rings. The molecule has 0 unspecified atom stereocenters. The lowest BCUT2D eigenvalue weighted by molar-refractivity contribution is 0.210. The summed E-state index contributed by atoms with van der Waals surface area (Å²) in [5, 5.41) is 12.7. The minimum atomic E-state index is 0.0892. The quantitative estimate of drug-likeness (QED) is 0.760. The van der Waals surface area contributed by atoms with Gasteiger partial charge >= 0.3 is 0 Å². The summed E-state index contributed by atoms with van der Waals surface area (Å²) in [6, 6.07) is 4.05. The van der Waals surface area contributed by atoms with Crippen LogP contribution in [-0.4, -0.2) is 31.5 Å². The Morgan fingerprint density at radius 1 is 1.35 bits per heavy atom. The smallest absolute Gasteiger partial charge is 0.175 e. The average molecular weight is 346 g/mol. The third-order valence-electron chi connectivity index (χ3n) is 3.15. The Morgan fingerprint density at radius 3 is 2.55 bits per heavy atom. The van der Waals surface area contributed by atoms with Crippen molar-refractivity contribution in [3.05, 3.63) is 22.2 Å². The van der Waals surface area contributed by atoms with Gasteiger partial charge in [0, 0.05) is 12.6 Å². The van der Waals surface area contributed by atoms with Gasteiger partial charge in [-0.2, -0.15) is 0 Å². The number of aliphatic hydroxyl groups excluding tert-OH is 1. The molecule has 0 fully saturated rings. The topological polar surface area (TPSA) is 50.7 Å². The number of halogens is 1. The molecule has 0 bridgehead atoms. The maximum Gasteiger partial charge on any atom is 0.175 e. The molecule has 2 N–H and O–H groups in total. The van der Waals surface area contributed by atoms with Crippen molar-refractivity contribution in [1.82, 2.24) is 5.32 Å². The van der Waals surface area contributed by atoms with Crippen molar-refractivity contribution < 1.29 is 14.6 Å². The van der Waals surface area contributed by atoms with Crippen LogP contribution in [-0.2, 0) is 6.54 Å². The highest BCUT2D eigenvalue weighted by Gasteiger charge is 2.14. The van der Waals surface area contributed by atoms with Crippen molar-refractivity contribution in [1.29, 1.82) is 0 Å². The number of benzene rings is 1. The molecule has 0 aromatic heterocycles. The van der Waals surface area contributed by atoms with Crippen molar-refractivity contribution in [2.45, 2.75) is 33.4 Å². The molecule has 5 heteroatoms. The molecule has 114 valence electrons. The van der Waals surface area contributed by atoms with Gasteiger partial charge < -0.3 is 19.9 Å². The van der Waals surface area contributed by atoms with Gasteiger partial charge in [0.05, 0.1) is 24.8 Å². The fourth-order valence-corrected chi connectivity index (χ4v) is 2.52. The molecule has 0 heterocycles. The van der Waals surface area contributed by atoms with E-state index in [1.165, 1.54) is 0 Å². The minimum Gasteiger partial charge on any atom is -0.493 e. The van der Waals surface area contributed by atoms with Crippen LogP contribution < -0.4 is 14.8 Å². The van der Waals surface area contributed by atoms with Crippen LogP contribution in [0.3, 0.4) is 0 Å². The Labute approximate surface area is 129 Å². The summed E-state index contributed by atoms with van der Waals surface area (Å²) in [6.45, 7) is 7.51. The Balaban J connectivity index is 2.84. The molecule has 0 radical (unpaired) electrons. The lowest BCUT2D eigenvalue weighted by Gasteiger charge is -2.20. The van der Waals surface area contributed by atoms with Crippen molar-refractivity contribution in [2.75, 3.05) is 20.3 Å². The summed E-state index contributed by atoms with van der Waals surface area (Å²) in [5.74, 6) is 1.82. The Hall–Kier alpha value is -0.780. The van der Waals surface area contributed by atoms with Gasteiger partial charge in [-0.25, -0.2) is 0 Å². The van der Waals surface area contributed by atoms with E-state index in [-0.39, 0.29) is 12.6 Å². The molecule has 0 aliphatic heterocycles. The maximum atomic E-state index is 9.33. The van der Waals surface area contributed by atoms with Gasteiger partial charge in [-0.3, -0.25) is 0 Å². The third-order valence-corrected chi connectivity index (χ3v) is 3.74. The Morgan fingerprint density at radius 2 is 2.05 bits per heavy atom. The van der Waals surface area contributed by atoms with Crippen LogP contribution in [0.5, 0.6) is 11.5 Å². The standard InChI is InChI=1S/C15H24BrNO3/c1-5-20-15-12(16)6-11(7-14(15)19-4)8-17-13(9-18)10(2)3/h6-7,10,13,17-18H,5,8-9H2,1-4H3/t13-/m1/s1. The second kappa shape index (κ2) is 8.49. The number of aliphatic hydroxyl groups is 1. The lowest BCUT2D eigenvalue weighted by atomic mass is 10.0. The summed E-state index contributed by atoms with van der Waals surface area (Å²) in [4.78, 5) is 0. The second-order valence-electron chi connectivity index (χ2n) is 4.96. The van der Waals surface area contributed by atoms with Crippen LogP contribution in [0.1, 0.15) is 26.3 Å². The molecular weight excluding hydrogens is 322 g/mol. The highest BCUT2D eigenvalue weighted by Crippen LogP contribution is 2.36. The number of hydrogen-bond donors (Lipinski definition) is 2. The largest absolute Gasteiger partial charge is 0.493 e. The van der Waals surface area contributed by atoms with Crippen molar-refractivity contribution in [3.8, 4) is 11.5 Å². The predicted molar refractivity (Wildman–Crippen MR) is 84.4 cm³/mol. The molecule has 0 amide bonds. The molecule has 0 aliphatic rings. The molecule has 0 saturated heterocycles. The number of nitrogens with one attached hydrogen (secondary N) is 1. The van der Waals surface area contributed by atoms with Gasteiger partial charge in [-0.05, 0) is 46.5 Å². The fraction of sp³-hybridized carbons (Fsp3) is 0.600. The van der Waals surface area contributed by atoms with Crippen LogP contribution in [0.15, 0.2) is 16.6 Å². The molecular formula is C15H24BrNO3. The van der Waals surface area contributed by atoms with Crippen LogP contribution in [0.4, 0.5) is 0 Å². The summed E-state index contributed by atoms with van der Waals surface area (Å²) in [5.41, 5.74) is 1.08. The molecule has 0 spiro atoms. The van der Waals surface area contributed by atoms with Crippen LogP contribution >= 0.6 is 15.9 Å². The van der Waals surface area contributed by atoms with E-state index in [2.05, 4.69) is 35.1 Å². The third kappa shape index (κ3) is 4.65. The van der Waals surface area contributed by atoms with E-state index in [9.17, 15) is 5.11 Å². The molecule has 20 heavy (non-hydrogen) atoms. The highest BCUT2D eigenvalue weighted by molar-refractivity contribution is 9.10. The SMILES string of the molecule is CCOc1c(Br)cc(CN[C@H](CO)C(C)C)cc1OC. The number of methoxy groups -OCH3 is 1. The van der Waals surface area contributed by atoms with Gasteiger partial charge in [0.2, 0.25) is 0 Å². The highest BCUT2D eigenvalue weighted by atomic mass is 79.9. The van der Waals surface area contributed by atoms with Crippen LogP contribution in [0.25, 0.3) is 0 Å². The maximum absolute atomic E-state index is 9.33. The molecule has 1 rings (SSSR count). The number of rotatable bonds is 8. The van der Waals surface area contributed by atoms with E-state index in [1.54, 1.807) is 7.11 Å². The Bertz CT molecular complexity index is 424. The van der Waals surface area contributed by atoms with Crippen molar-refractivity contribution in [3.63, 3.8) is 0 Å². The second-order valence-corrected chi connectivity index (χ2v) is 5.81. The summed E-state index contributed by atoms with van der Waals surface area (Å²) in [6.07, 6.45) is 0. The zero-order valence-corrected chi connectivity index (χ0v) is 14.2. The van der Waals surface area contributed by atoms with Gasteiger partial charge in [0.1, 0.15) is 0 Å². The zero-order chi connectivity index (χ0) is 15.1. The summed E-state index contributed by atoms with van der Waals surface area (Å²) < 4.78 is 11.8. The van der Waals surface area contributed by atoms with E-state index in [0.717, 1.165) is 15.8 Å². The first-order chi connectivity index (χ1) is 9.53. The van der Waals surface area contributed by atoms with Gasteiger partial charge in [-0.1, -0.05) is 13.8 Å². The summed E-state index contributed by atoms with van der Waals surface area (Å²) in [7, 11) is 1.63. The first-order valence-corrected chi connectivity index (χ1v) is 7.66. The van der Waals surface area contributed by atoms with E-state index >= 15 is 0 Å². The monoisotopic (exact) mass is 345 g/mol. The normalized spacial score (nSPS) is 12.6. The van der Waals surface area contributed by atoms with E-state index in [4.69, 9.17) is 9.47 Å². The molecule has 0 saturated carbocycles. The van der Waals surface area contributed by atoms with Crippen molar-refractivity contribution in [2.24, 2.45) is 5.92 Å². The Kier molecular flexibility index (Phi) is 7.34. The number of ether oxygens (including phenoxy) is 2.